The number of phenols is 2. The van der Waals surface area contributed by atoms with Crippen molar-refractivity contribution < 1.29 is 78.4 Å². The Morgan fingerprint density at radius 3 is 1.69 bits per heavy atom. The maximum absolute atomic E-state index is 13.8. The summed E-state index contributed by atoms with van der Waals surface area (Å²) in [5.74, 6) is -7.38. The van der Waals surface area contributed by atoms with Crippen molar-refractivity contribution in [3.63, 3.8) is 0 Å². The Bertz CT molecular complexity index is 2670. The average molecular weight is 919 g/mol. The average Bonchev–Trinajstić information content (AvgIpc) is 3.51. The van der Waals surface area contributed by atoms with Crippen LogP contribution in [-0.4, -0.2) is 106 Å². The lowest BCUT2D eigenvalue weighted by Crippen LogP contribution is -2.35. The second-order valence-electron chi connectivity index (χ2n) is 14.1. The topological polar surface area (TPSA) is 279 Å². The number of carboxylic acids is 4. The summed E-state index contributed by atoms with van der Waals surface area (Å²) in [6, 6.07) is 19.4. The van der Waals surface area contributed by atoms with Gasteiger partial charge < -0.3 is 64.7 Å². The summed E-state index contributed by atoms with van der Waals surface area (Å²) >= 11 is 12.6. The lowest BCUT2D eigenvalue weighted by Gasteiger charge is -2.36. The number of hydrogen-bond donors (Lipinski definition) is 7. The van der Waals surface area contributed by atoms with Crippen LogP contribution in [0, 0.1) is 0 Å². The number of nitrogens with zero attached hydrogens (tertiary/aromatic N) is 2. The fourth-order valence-corrected chi connectivity index (χ4v) is 7.63. The highest BCUT2D eigenvalue weighted by Gasteiger charge is 2.54. The van der Waals surface area contributed by atoms with Crippen LogP contribution >= 0.6 is 23.2 Å². The van der Waals surface area contributed by atoms with Gasteiger partial charge in [0.05, 0.1) is 27.0 Å². The summed E-state index contributed by atoms with van der Waals surface area (Å²) in [7, 11) is 0. The molecule has 330 valence electrons. The third-order valence-electron chi connectivity index (χ3n) is 9.87. The van der Waals surface area contributed by atoms with Gasteiger partial charge in [-0.25, -0.2) is 4.79 Å². The second kappa shape index (κ2) is 17.8. The van der Waals surface area contributed by atoms with Gasteiger partial charge in [0.1, 0.15) is 73.9 Å². The number of ether oxygens (including phenoxy) is 4. The number of carbonyl (C=O) groups is 6. The maximum atomic E-state index is 13.8. The third kappa shape index (κ3) is 8.88. The number of amides is 1. The fourth-order valence-electron chi connectivity index (χ4n) is 7.30. The number of fused-ring (bicyclic) bond motifs is 6. The Morgan fingerprint density at radius 2 is 1.14 bits per heavy atom. The molecular formula is C43H33Cl2N3O16. The number of anilines is 3. The van der Waals surface area contributed by atoms with Crippen LogP contribution in [0.2, 0.25) is 10.0 Å². The van der Waals surface area contributed by atoms with E-state index in [9.17, 15) is 59.4 Å². The predicted octanol–water partition coefficient (Wildman–Crippen LogP) is 5.63. The number of aromatic hydroxyl groups is 2. The first-order chi connectivity index (χ1) is 30.4. The number of rotatable bonds is 17. The lowest BCUT2D eigenvalue weighted by molar-refractivity contribution is -0.138. The molecule has 7 N–H and O–H groups in total. The Morgan fingerprint density at radius 1 is 0.625 bits per heavy atom. The highest BCUT2D eigenvalue weighted by Crippen LogP contribution is 2.58. The van der Waals surface area contributed by atoms with E-state index in [1.807, 2.05) is 0 Å². The molecule has 5 aromatic carbocycles. The van der Waals surface area contributed by atoms with E-state index in [0.717, 1.165) is 9.80 Å². The molecule has 0 atom stereocenters. The standard InChI is InChI=1S/C43H33Cl2N3O16/c44-27-13-25-34(15-31(27)49)63-35-16-32(50)28(45)14-26(35)43(25)24-7-5-21(11-23(24)42(60)64-43)41(59)46-22-6-8-30(48(19-39(55)56)20-40(57)58)36(12-22)62-10-9-61-33-4-2-1-3-29(33)47(17-37(51)52)18-38(53)54/h1-8,11-16,49-50H,9-10,17-20H2,(H,46,59)(H,51,52)(H,53,54)(H,55,56)(H,57,58). The number of esters is 1. The molecule has 0 unspecified atom stereocenters. The summed E-state index contributed by atoms with van der Waals surface area (Å²) in [5, 5.41) is 61.1. The number of phenolic OH excluding ortho intramolecular Hbond substituents is 2. The number of aliphatic carboxylic acids is 4. The van der Waals surface area contributed by atoms with Gasteiger partial charge in [-0.2, -0.15) is 0 Å². The van der Waals surface area contributed by atoms with Crippen LogP contribution in [0.3, 0.4) is 0 Å². The Kier molecular flexibility index (Phi) is 12.3. The number of para-hydroxylation sites is 2. The number of carboxylic acid groups (broad SMARTS) is 4. The van der Waals surface area contributed by atoms with Gasteiger partial charge in [0, 0.05) is 46.1 Å². The van der Waals surface area contributed by atoms with Gasteiger partial charge in [0.15, 0.2) is 5.60 Å². The summed E-state index contributed by atoms with van der Waals surface area (Å²) < 4.78 is 23.8. The largest absolute Gasteiger partial charge is 0.506 e. The quantitative estimate of drug-likeness (QED) is 0.0439. The molecule has 0 aliphatic carbocycles. The molecule has 0 fully saturated rings. The van der Waals surface area contributed by atoms with Crippen LogP contribution in [0.15, 0.2) is 84.9 Å². The van der Waals surface area contributed by atoms with Crippen LogP contribution < -0.4 is 29.3 Å². The van der Waals surface area contributed by atoms with E-state index in [2.05, 4.69) is 5.32 Å². The minimum Gasteiger partial charge on any atom is -0.506 e. The van der Waals surface area contributed by atoms with E-state index < -0.39 is 67.5 Å². The number of hydrogen-bond acceptors (Lipinski definition) is 14. The summed E-state index contributed by atoms with van der Waals surface area (Å²) in [6.07, 6.45) is 0. The number of benzene rings is 5. The molecule has 0 saturated carbocycles. The van der Waals surface area contributed by atoms with E-state index in [-0.39, 0.29) is 103 Å². The molecule has 2 aliphatic heterocycles. The summed E-state index contributed by atoms with van der Waals surface area (Å²) in [6.45, 7) is -3.30. The van der Waals surface area contributed by atoms with Crippen molar-refractivity contribution in [2.45, 2.75) is 5.60 Å². The lowest BCUT2D eigenvalue weighted by atomic mass is 9.77. The molecule has 0 saturated heterocycles. The van der Waals surface area contributed by atoms with Crippen LogP contribution in [0.25, 0.3) is 0 Å². The predicted molar refractivity (Wildman–Crippen MR) is 225 cm³/mol. The van der Waals surface area contributed by atoms with Crippen LogP contribution in [0.1, 0.15) is 37.4 Å². The molecule has 0 radical (unpaired) electrons. The van der Waals surface area contributed by atoms with E-state index in [0.29, 0.717) is 0 Å². The molecule has 1 amide bonds. The molecule has 64 heavy (non-hydrogen) atoms. The van der Waals surface area contributed by atoms with Gasteiger partial charge in [-0.15, -0.1) is 0 Å². The Hall–Kier alpha value is -7.90. The highest BCUT2D eigenvalue weighted by atomic mass is 35.5. The molecule has 0 bridgehead atoms. The summed E-state index contributed by atoms with van der Waals surface area (Å²) in [4.78, 5) is 76.1. The first kappa shape index (κ1) is 44.2. The number of nitrogens with one attached hydrogen (secondary N) is 1. The van der Waals surface area contributed by atoms with E-state index in [4.69, 9.17) is 42.1 Å². The molecule has 5 aromatic rings. The molecule has 1 spiro atoms. The van der Waals surface area contributed by atoms with Crippen LogP contribution in [0.4, 0.5) is 17.1 Å². The smallest absolute Gasteiger partial charge is 0.340 e. The zero-order valence-electron chi connectivity index (χ0n) is 32.7. The molecule has 0 aromatic heterocycles. The highest BCUT2D eigenvalue weighted by molar-refractivity contribution is 6.32. The molecule has 19 nitrogen and oxygen atoms in total. The van der Waals surface area contributed by atoms with Gasteiger partial charge in [0.2, 0.25) is 0 Å². The minimum absolute atomic E-state index is 0.0155. The van der Waals surface area contributed by atoms with Crippen molar-refractivity contribution in [2.24, 2.45) is 0 Å². The summed E-state index contributed by atoms with van der Waals surface area (Å²) in [5.41, 5.74) is -0.849. The van der Waals surface area contributed by atoms with Crippen molar-refractivity contribution in [2.75, 3.05) is 54.5 Å². The van der Waals surface area contributed by atoms with E-state index in [1.54, 1.807) is 12.1 Å². The number of carbonyl (C=O) groups excluding carboxylic acids is 2. The monoisotopic (exact) mass is 917 g/mol. The molecular weight excluding hydrogens is 885 g/mol. The van der Waals surface area contributed by atoms with Crippen molar-refractivity contribution >= 4 is 76.0 Å². The van der Waals surface area contributed by atoms with E-state index in [1.165, 1.54) is 72.8 Å². The SMILES string of the molecule is O=C(O)CN(CC(=O)O)c1ccccc1OCCOc1cc(NC(=O)c2ccc3c(c2)C(=O)OC32c3cc(Cl)c(O)cc3Oc3cc(O)c(Cl)cc32)ccc1N(CC(=O)O)CC(=O)O. The zero-order valence-corrected chi connectivity index (χ0v) is 34.3. The maximum Gasteiger partial charge on any atom is 0.340 e. The first-order valence-electron chi connectivity index (χ1n) is 18.7. The normalized spacial score (nSPS) is 12.8. The molecule has 2 heterocycles. The Balaban J connectivity index is 1.17. The van der Waals surface area contributed by atoms with E-state index >= 15 is 0 Å². The van der Waals surface area contributed by atoms with Crippen LogP contribution in [-0.2, 0) is 29.5 Å². The van der Waals surface area contributed by atoms with Crippen molar-refractivity contribution in [1.82, 2.24) is 0 Å². The zero-order chi connectivity index (χ0) is 46.0. The van der Waals surface area contributed by atoms with Gasteiger partial charge >= 0.3 is 29.8 Å². The van der Waals surface area contributed by atoms with Crippen molar-refractivity contribution in [3.05, 3.63) is 123 Å². The molecule has 21 heteroatoms. The Labute approximate surface area is 370 Å². The van der Waals surface area contributed by atoms with Gasteiger partial charge in [-0.1, -0.05) is 41.4 Å². The van der Waals surface area contributed by atoms with Crippen molar-refractivity contribution in [3.8, 4) is 34.5 Å². The van der Waals surface area contributed by atoms with Crippen LogP contribution in [0.5, 0.6) is 34.5 Å². The van der Waals surface area contributed by atoms with Gasteiger partial charge in [0.25, 0.3) is 5.91 Å². The van der Waals surface area contributed by atoms with Gasteiger partial charge in [-0.05, 0) is 48.5 Å². The second-order valence-corrected chi connectivity index (χ2v) is 14.9. The molecule has 7 rings (SSSR count). The molecule has 2 aliphatic rings. The van der Waals surface area contributed by atoms with Crippen molar-refractivity contribution in [1.29, 1.82) is 0 Å². The van der Waals surface area contributed by atoms with Gasteiger partial charge in [-0.3, -0.25) is 24.0 Å². The fraction of sp³-hybridized carbons (Fsp3) is 0.163. The number of halogens is 2. The minimum atomic E-state index is -1.75. The first-order valence-corrected chi connectivity index (χ1v) is 19.5. The third-order valence-corrected chi connectivity index (χ3v) is 10.5.